The molecule has 10 nitrogen and oxygen atoms in total. The Bertz CT molecular complexity index is 1370. The molecular formula is C19H13BrF4N4O6. The summed E-state index contributed by atoms with van der Waals surface area (Å²) < 4.78 is 69.3. The summed E-state index contributed by atoms with van der Waals surface area (Å²) in [5.41, 5.74) is -4.46. The van der Waals surface area contributed by atoms with E-state index in [0.717, 1.165) is 20.2 Å². The van der Waals surface area contributed by atoms with Gasteiger partial charge >= 0.3 is 17.8 Å². The summed E-state index contributed by atoms with van der Waals surface area (Å²) in [6, 6.07) is 3.74. The maximum absolute atomic E-state index is 14.6. The van der Waals surface area contributed by atoms with Gasteiger partial charge in [0.15, 0.2) is 24.0 Å². The van der Waals surface area contributed by atoms with Gasteiger partial charge in [-0.1, -0.05) is 0 Å². The molecule has 0 unspecified atom stereocenters. The van der Waals surface area contributed by atoms with Crippen molar-refractivity contribution in [2.24, 2.45) is 7.05 Å². The quantitative estimate of drug-likeness (QED) is 0.341. The van der Waals surface area contributed by atoms with E-state index in [0.29, 0.717) is 0 Å². The summed E-state index contributed by atoms with van der Waals surface area (Å²) in [5.74, 6) is -3.47. The number of methoxy groups -OCH3 is 1. The summed E-state index contributed by atoms with van der Waals surface area (Å²) in [4.78, 5) is 43.8. The van der Waals surface area contributed by atoms with Crippen LogP contribution in [-0.2, 0) is 22.8 Å². The Labute approximate surface area is 195 Å². The number of hydrogen-bond donors (Lipinski definition) is 0. The van der Waals surface area contributed by atoms with Gasteiger partial charge in [-0.2, -0.15) is 18.2 Å². The van der Waals surface area contributed by atoms with E-state index >= 15 is 0 Å². The standard InChI is InChI=1S/C19H13BrF4N4O6/c1-27-12(19(22,23)24)7-13(29)28(18(27)31)15-10(21)6-9(20)16(26-15)34-11-4-3-5-25-17(11)33-8-14(30)32-2/h3-7H,8H2,1-2H3. The fourth-order valence-corrected chi connectivity index (χ4v) is 2.98. The second kappa shape index (κ2) is 9.62. The fraction of sp³-hybridized carbons (Fsp3) is 0.211. The van der Waals surface area contributed by atoms with Gasteiger partial charge in [0.1, 0.15) is 5.69 Å². The van der Waals surface area contributed by atoms with Crippen molar-refractivity contribution >= 4 is 21.9 Å². The van der Waals surface area contributed by atoms with Crippen LogP contribution in [0.3, 0.4) is 0 Å². The van der Waals surface area contributed by atoms with Crippen LogP contribution in [-0.4, -0.2) is 38.8 Å². The molecule has 34 heavy (non-hydrogen) atoms. The highest BCUT2D eigenvalue weighted by molar-refractivity contribution is 9.10. The zero-order valence-corrected chi connectivity index (χ0v) is 18.8. The second-order valence-electron chi connectivity index (χ2n) is 6.40. The average Bonchev–Trinajstić information content (AvgIpc) is 2.77. The lowest BCUT2D eigenvalue weighted by Crippen LogP contribution is -2.41. The summed E-state index contributed by atoms with van der Waals surface area (Å²) in [6.07, 6.45) is -3.67. The number of ether oxygens (including phenoxy) is 3. The van der Waals surface area contributed by atoms with Gasteiger partial charge in [0.25, 0.3) is 11.4 Å². The van der Waals surface area contributed by atoms with E-state index in [2.05, 4.69) is 30.6 Å². The molecular weight excluding hydrogens is 536 g/mol. The molecule has 0 spiro atoms. The number of hydrogen-bond acceptors (Lipinski definition) is 8. The Hall–Kier alpha value is -3.75. The molecule has 15 heteroatoms. The molecule has 3 rings (SSSR count). The van der Waals surface area contributed by atoms with Crippen LogP contribution in [0, 0.1) is 5.82 Å². The highest BCUT2D eigenvalue weighted by atomic mass is 79.9. The number of rotatable bonds is 6. The lowest BCUT2D eigenvalue weighted by Gasteiger charge is -2.15. The monoisotopic (exact) mass is 548 g/mol. The summed E-state index contributed by atoms with van der Waals surface area (Å²) in [6.45, 7) is -0.510. The van der Waals surface area contributed by atoms with E-state index in [4.69, 9.17) is 9.47 Å². The largest absolute Gasteiger partial charge is 0.466 e. The minimum atomic E-state index is -4.99. The summed E-state index contributed by atoms with van der Waals surface area (Å²) >= 11 is 3.02. The maximum atomic E-state index is 14.6. The highest BCUT2D eigenvalue weighted by Crippen LogP contribution is 2.34. The van der Waals surface area contributed by atoms with Gasteiger partial charge in [0.05, 0.1) is 11.6 Å². The zero-order chi connectivity index (χ0) is 25.2. The van der Waals surface area contributed by atoms with Crippen LogP contribution >= 0.6 is 15.9 Å². The molecule has 0 aromatic carbocycles. The molecule has 3 aromatic rings. The van der Waals surface area contributed by atoms with Gasteiger partial charge in [-0.25, -0.2) is 23.5 Å². The lowest BCUT2D eigenvalue weighted by atomic mass is 10.3. The van der Waals surface area contributed by atoms with Crippen LogP contribution in [0.4, 0.5) is 17.6 Å². The first-order valence-electron chi connectivity index (χ1n) is 9.03. The van der Waals surface area contributed by atoms with E-state index in [-0.39, 0.29) is 37.2 Å². The van der Waals surface area contributed by atoms with Crippen molar-refractivity contribution in [1.82, 2.24) is 19.1 Å². The van der Waals surface area contributed by atoms with Crippen LogP contribution in [0.5, 0.6) is 17.5 Å². The number of esters is 1. The number of halogens is 5. The third-order valence-corrected chi connectivity index (χ3v) is 4.77. The number of carbonyl (C=O) groups is 1. The van der Waals surface area contributed by atoms with Crippen molar-refractivity contribution in [3.8, 4) is 23.3 Å². The number of aromatic nitrogens is 4. The Morgan fingerprint density at radius 3 is 2.56 bits per heavy atom. The van der Waals surface area contributed by atoms with E-state index in [9.17, 15) is 31.9 Å². The lowest BCUT2D eigenvalue weighted by molar-refractivity contribution is -0.144. The van der Waals surface area contributed by atoms with Gasteiger partial charge in [-0.15, -0.1) is 0 Å². The van der Waals surface area contributed by atoms with Crippen molar-refractivity contribution in [1.29, 1.82) is 0 Å². The first kappa shape index (κ1) is 24.9. The molecule has 0 amide bonds. The predicted molar refractivity (Wildman–Crippen MR) is 110 cm³/mol. The number of alkyl halides is 3. The summed E-state index contributed by atoms with van der Waals surface area (Å²) in [5, 5.41) is 0. The molecule has 0 bridgehead atoms. The molecule has 3 heterocycles. The Kier molecular flexibility index (Phi) is 7.04. The molecule has 0 N–H and O–H groups in total. The normalized spacial score (nSPS) is 11.3. The molecule has 0 radical (unpaired) electrons. The first-order valence-corrected chi connectivity index (χ1v) is 9.82. The number of pyridine rings is 2. The Balaban J connectivity index is 2.08. The minimum absolute atomic E-state index is 0.0756. The van der Waals surface area contributed by atoms with Gasteiger partial charge in [0, 0.05) is 19.3 Å². The van der Waals surface area contributed by atoms with E-state index in [1.165, 1.54) is 18.3 Å². The van der Waals surface area contributed by atoms with Crippen molar-refractivity contribution in [2.45, 2.75) is 6.18 Å². The Morgan fingerprint density at radius 1 is 1.21 bits per heavy atom. The summed E-state index contributed by atoms with van der Waals surface area (Å²) in [7, 11) is 1.92. The van der Waals surface area contributed by atoms with Gasteiger partial charge in [0.2, 0.25) is 5.88 Å². The maximum Gasteiger partial charge on any atom is 0.431 e. The van der Waals surface area contributed by atoms with Gasteiger partial charge < -0.3 is 14.2 Å². The van der Waals surface area contributed by atoms with Crippen LogP contribution < -0.4 is 20.7 Å². The first-order chi connectivity index (χ1) is 15.9. The fourth-order valence-electron chi connectivity index (χ4n) is 2.61. The molecule has 3 aromatic heterocycles. The molecule has 0 saturated carbocycles. The van der Waals surface area contributed by atoms with Crippen LogP contribution in [0.2, 0.25) is 0 Å². The molecule has 0 aliphatic heterocycles. The van der Waals surface area contributed by atoms with Crippen LogP contribution in [0.15, 0.2) is 44.5 Å². The van der Waals surface area contributed by atoms with Crippen molar-refractivity contribution in [3.05, 3.63) is 67.3 Å². The molecule has 0 saturated heterocycles. The number of nitrogens with zero attached hydrogens (tertiary/aromatic N) is 4. The van der Waals surface area contributed by atoms with Crippen LogP contribution in [0.25, 0.3) is 5.82 Å². The van der Waals surface area contributed by atoms with Gasteiger partial charge in [-0.05, 0) is 34.1 Å². The SMILES string of the molecule is COC(=O)COc1ncccc1Oc1nc(-n2c(=O)cc(C(F)(F)F)n(C)c2=O)c(F)cc1Br. The van der Waals surface area contributed by atoms with Crippen molar-refractivity contribution in [3.63, 3.8) is 0 Å². The number of carbonyl (C=O) groups excluding carboxylic acids is 1. The predicted octanol–water partition coefficient (Wildman–Crippen LogP) is 2.59. The third-order valence-electron chi connectivity index (χ3n) is 4.20. The highest BCUT2D eigenvalue weighted by Gasteiger charge is 2.35. The Morgan fingerprint density at radius 2 is 1.91 bits per heavy atom. The molecule has 0 fully saturated rings. The molecule has 180 valence electrons. The van der Waals surface area contributed by atoms with E-state index in [1.807, 2.05) is 0 Å². The molecule has 0 aliphatic rings. The molecule has 0 aliphatic carbocycles. The van der Waals surface area contributed by atoms with Crippen molar-refractivity contribution < 1.29 is 36.6 Å². The average molecular weight is 549 g/mol. The molecule has 0 atom stereocenters. The zero-order valence-electron chi connectivity index (χ0n) is 17.2. The smallest absolute Gasteiger partial charge is 0.431 e. The van der Waals surface area contributed by atoms with Crippen molar-refractivity contribution in [2.75, 3.05) is 13.7 Å². The second-order valence-corrected chi connectivity index (χ2v) is 7.25. The van der Waals surface area contributed by atoms with E-state index < -0.39 is 47.3 Å². The van der Waals surface area contributed by atoms with Gasteiger partial charge in [-0.3, -0.25) is 9.36 Å². The van der Waals surface area contributed by atoms with Crippen LogP contribution in [0.1, 0.15) is 5.69 Å². The third kappa shape index (κ3) is 5.08. The minimum Gasteiger partial charge on any atom is -0.466 e. The van der Waals surface area contributed by atoms with E-state index in [1.54, 1.807) is 0 Å². The topological polar surface area (TPSA) is 115 Å².